The van der Waals surface area contributed by atoms with Gasteiger partial charge in [-0.3, -0.25) is 4.79 Å². The normalized spacial score (nSPS) is 26.9. The van der Waals surface area contributed by atoms with E-state index in [2.05, 4.69) is 79.9 Å². The molecule has 0 radical (unpaired) electrons. The van der Waals surface area contributed by atoms with Crippen LogP contribution in [0.15, 0.2) is 47.1 Å². The maximum Gasteiger partial charge on any atom is 0.163 e. The Morgan fingerprint density at radius 3 is 1.84 bits per heavy atom. The van der Waals surface area contributed by atoms with Crippen molar-refractivity contribution in [3.63, 3.8) is 0 Å². The highest BCUT2D eigenvalue weighted by molar-refractivity contribution is 6.00. The Morgan fingerprint density at radius 1 is 0.875 bits per heavy atom. The molecule has 0 aromatic carbocycles. The van der Waals surface area contributed by atoms with Crippen LogP contribution in [0.25, 0.3) is 0 Å². The van der Waals surface area contributed by atoms with E-state index in [0.29, 0.717) is 57.0 Å². The smallest absolute Gasteiger partial charge is 0.163 e. The Labute approximate surface area is 342 Å². The molecule has 10 unspecified atom stereocenters. The molecule has 0 spiro atoms. The van der Waals surface area contributed by atoms with Crippen molar-refractivity contribution in [1.82, 2.24) is 0 Å². The summed E-state index contributed by atoms with van der Waals surface area (Å²) in [5.41, 5.74) is 3.02. The third-order valence-electron chi connectivity index (χ3n) is 11.3. The molecule has 320 valence electrons. The lowest BCUT2D eigenvalue weighted by atomic mass is 9.73. The average Bonchev–Trinajstić information content (AvgIpc) is 3.04. The molecule has 0 bridgehead atoms. The standard InChI is InChI=1S/C49H82O7/c1-16-17-20-43-34(7)44(36(9)47(53)35(43)8)21-18-19-33(6)30-54-46(49(13,14)15)27-38(51)25-42-29-40(23-32(4)5)55-41(28-39(56-42)22-31(2)3)24-37(50)26-45(52)48(10,11)12/h17,19-20,31-32,36-42,44-46,50-52H,7,16,22-30H2,1-6,8-15H3/b20-17-,33-19+. The predicted octanol–water partition coefficient (Wildman–Crippen LogP) is 10.1. The molecular formula is C49H82O7. The van der Waals surface area contributed by atoms with Crippen molar-refractivity contribution in [2.45, 2.75) is 204 Å². The number of ketones is 1. The van der Waals surface area contributed by atoms with E-state index >= 15 is 0 Å². The zero-order valence-corrected chi connectivity index (χ0v) is 37.9. The van der Waals surface area contributed by atoms with Gasteiger partial charge in [-0.05, 0) is 116 Å². The molecule has 1 aliphatic carbocycles. The van der Waals surface area contributed by atoms with Crippen molar-refractivity contribution in [3.05, 3.63) is 47.1 Å². The summed E-state index contributed by atoms with van der Waals surface area (Å²) in [6.07, 6.45) is 9.03. The molecule has 1 saturated heterocycles. The molecule has 0 aromatic heterocycles. The topological polar surface area (TPSA) is 105 Å². The Bertz CT molecular complexity index is 1370. The summed E-state index contributed by atoms with van der Waals surface area (Å²) in [4.78, 5) is 13.0. The van der Waals surface area contributed by atoms with Crippen molar-refractivity contribution >= 4 is 5.78 Å². The molecule has 7 heteroatoms. The van der Waals surface area contributed by atoms with Gasteiger partial charge in [0.25, 0.3) is 0 Å². The molecule has 7 nitrogen and oxygen atoms in total. The van der Waals surface area contributed by atoms with Gasteiger partial charge in [0, 0.05) is 12.3 Å². The first-order valence-electron chi connectivity index (χ1n) is 21.7. The third-order valence-corrected chi connectivity index (χ3v) is 11.3. The van der Waals surface area contributed by atoms with E-state index in [1.54, 1.807) is 0 Å². The molecule has 2 rings (SSSR count). The van der Waals surface area contributed by atoms with E-state index in [0.717, 1.165) is 41.6 Å². The number of rotatable bonds is 17. The van der Waals surface area contributed by atoms with Crippen molar-refractivity contribution < 1.29 is 34.3 Å². The number of aliphatic hydroxyl groups excluding tert-OH is 3. The molecule has 2 aliphatic rings. The van der Waals surface area contributed by atoms with Gasteiger partial charge in [0.15, 0.2) is 5.78 Å². The molecular weight excluding hydrogens is 701 g/mol. The maximum atomic E-state index is 13.0. The molecule has 1 aliphatic heterocycles. The summed E-state index contributed by atoms with van der Waals surface area (Å²) in [6, 6.07) is 0. The van der Waals surface area contributed by atoms with Gasteiger partial charge in [-0.1, -0.05) is 114 Å². The molecule has 0 aromatic rings. The zero-order valence-electron chi connectivity index (χ0n) is 37.9. The van der Waals surface area contributed by atoms with E-state index in [1.165, 1.54) is 0 Å². The van der Waals surface area contributed by atoms with Crippen LogP contribution in [0.2, 0.25) is 0 Å². The van der Waals surface area contributed by atoms with Gasteiger partial charge in [0.05, 0.1) is 61.4 Å². The second kappa shape index (κ2) is 22.9. The quantitative estimate of drug-likeness (QED) is 0.126. The summed E-state index contributed by atoms with van der Waals surface area (Å²) < 4.78 is 20.2. The number of carbonyl (C=O) groups excluding carboxylic acids is 1. The number of aliphatic hydroxyl groups is 3. The van der Waals surface area contributed by atoms with E-state index < -0.39 is 18.3 Å². The Balaban J connectivity index is 2.16. The third kappa shape index (κ3) is 17.0. The van der Waals surface area contributed by atoms with Gasteiger partial charge in [-0.15, -0.1) is 0 Å². The van der Waals surface area contributed by atoms with Gasteiger partial charge >= 0.3 is 0 Å². The van der Waals surface area contributed by atoms with Gasteiger partial charge < -0.3 is 29.5 Å². The Morgan fingerprint density at radius 2 is 1.38 bits per heavy atom. The van der Waals surface area contributed by atoms with Gasteiger partial charge in [-0.25, -0.2) is 0 Å². The van der Waals surface area contributed by atoms with Crippen molar-refractivity contribution in [1.29, 1.82) is 0 Å². The van der Waals surface area contributed by atoms with Crippen molar-refractivity contribution in [2.75, 3.05) is 6.61 Å². The zero-order chi connectivity index (χ0) is 42.5. The summed E-state index contributed by atoms with van der Waals surface area (Å²) >= 11 is 0. The summed E-state index contributed by atoms with van der Waals surface area (Å²) in [6.45, 7) is 33.8. The molecule has 56 heavy (non-hydrogen) atoms. The van der Waals surface area contributed by atoms with Crippen LogP contribution in [0, 0.1) is 46.3 Å². The van der Waals surface area contributed by atoms with Crippen LogP contribution in [-0.2, 0) is 19.0 Å². The maximum absolute atomic E-state index is 13.0. The van der Waals surface area contributed by atoms with Crippen LogP contribution in [0.5, 0.6) is 0 Å². The summed E-state index contributed by atoms with van der Waals surface area (Å²) in [5.74, 6) is 6.99. The van der Waals surface area contributed by atoms with Crippen LogP contribution >= 0.6 is 0 Å². The lowest BCUT2D eigenvalue weighted by molar-refractivity contribution is -0.147. The predicted molar refractivity (Wildman–Crippen MR) is 231 cm³/mol. The highest BCUT2D eigenvalue weighted by Gasteiger charge is 2.36. The second-order valence-corrected chi connectivity index (χ2v) is 20.1. The highest BCUT2D eigenvalue weighted by Crippen LogP contribution is 2.36. The second-order valence-electron chi connectivity index (χ2n) is 20.1. The minimum atomic E-state index is -0.667. The fraction of sp³-hybridized carbons (Fsp3) is 0.776. The Hall–Kier alpha value is -2.05. The van der Waals surface area contributed by atoms with Crippen LogP contribution in [0.3, 0.4) is 0 Å². The average molecular weight is 783 g/mol. The highest BCUT2D eigenvalue weighted by atomic mass is 16.5. The van der Waals surface area contributed by atoms with E-state index in [-0.39, 0.29) is 59.0 Å². The SMILES string of the molecule is C=C1C(/C=C\CC)=C(C)C(=O)C(C)C1C#C/C=C(\C)COC(CC(O)CC1CC(CC(C)C)OC(CC(O)CC(O)C(C)(C)C)CC(CC(C)C)O1)C(C)(C)C. The number of Topliss-reactive ketones (excluding diaryl/α,β-unsaturated/α-hetero) is 1. The Kier molecular flexibility index (Phi) is 20.5. The molecule has 0 saturated carbocycles. The monoisotopic (exact) mass is 783 g/mol. The van der Waals surface area contributed by atoms with Gasteiger partial charge in [0.2, 0.25) is 0 Å². The molecule has 1 heterocycles. The molecule has 1 fully saturated rings. The summed E-state index contributed by atoms with van der Waals surface area (Å²) in [7, 11) is 0. The van der Waals surface area contributed by atoms with Crippen LogP contribution in [-0.4, -0.2) is 76.5 Å². The first kappa shape index (κ1) is 50.1. The lowest BCUT2D eigenvalue weighted by Crippen LogP contribution is -2.41. The van der Waals surface area contributed by atoms with Gasteiger partial charge in [-0.2, -0.15) is 0 Å². The summed E-state index contributed by atoms with van der Waals surface area (Å²) in [5, 5.41) is 33.4. The molecule has 0 amide bonds. The minimum Gasteiger partial charge on any atom is -0.393 e. The first-order valence-corrected chi connectivity index (χ1v) is 21.7. The minimum absolute atomic E-state index is 0.0631. The molecule has 10 atom stereocenters. The van der Waals surface area contributed by atoms with E-state index in [4.69, 9.17) is 14.2 Å². The van der Waals surface area contributed by atoms with Crippen molar-refractivity contribution in [2.24, 2.45) is 34.5 Å². The number of hydrogen-bond donors (Lipinski definition) is 3. The van der Waals surface area contributed by atoms with Crippen LogP contribution < -0.4 is 0 Å². The number of ether oxygens (including phenoxy) is 3. The number of hydrogen-bond acceptors (Lipinski definition) is 7. The van der Waals surface area contributed by atoms with Crippen molar-refractivity contribution in [3.8, 4) is 11.8 Å². The largest absolute Gasteiger partial charge is 0.393 e. The van der Waals surface area contributed by atoms with Crippen LogP contribution in [0.4, 0.5) is 0 Å². The number of allylic oxidation sites excluding steroid dienone is 6. The van der Waals surface area contributed by atoms with E-state index in [9.17, 15) is 20.1 Å². The molecule has 3 N–H and O–H groups in total. The number of carbonyl (C=O) groups is 1. The fourth-order valence-corrected chi connectivity index (χ4v) is 7.88. The first-order chi connectivity index (χ1) is 25.9. The fourth-order valence-electron chi connectivity index (χ4n) is 7.88. The van der Waals surface area contributed by atoms with Crippen LogP contribution in [0.1, 0.15) is 155 Å². The van der Waals surface area contributed by atoms with Gasteiger partial charge in [0.1, 0.15) is 0 Å². The lowest BCUT2D eigenvalue weighted by Gasteiger charge is -2.39. The van der Waals surface area contributed by atoms with E-state index in [1.807, 2.05) is 53.7 Å².